The molecule has 1 heterocycles. The van der Waals surface area contributed by atoms with Gasteiger partial charge in [-0.05, 0) is 18.2 Å². The van der Waals surface area contributed by atoms with Crippen LogP contribution in [0.15, 0.2) is 24.9 Å². The molecule has 0 spiro atoms. The maximum Gasteiger partial charge on any atom is 0.137 e. The Morgan fingerprint density at radius 3 is 2.80 bits per heavy atom. The van der Waals surface area contributed by atoms with Crippen LogP contribution >= 0.6 is 0 Å². The van der Waals surface area contributed by atoms with Crippen LogP contribution < -0.4 is 4.74 Å². The van der Waals surface area contributed by atoms with E-state index in [2.05, 4.69) is 11.6 Å². The van der Waals surface area contributed by atoms with E-state index in [0.29, 0.717) is 0 Å². The van der Waals surface area contributed by atoms with Crippen LogP contribution in [-0.2, 0) is 0 Å². The van der Waals surface area contributed by atoms with Gasteiger partial charge in [0.2, 0.25) is 0 Å². The lowest BCUT2D eigenvalue weighted by atomic mass is 10.3. The number of pyridine rings is 1. The van der Waals surface area contributed by atoms with E-state index in [9.17, 15) is 0 Å². The molecule has 2 nitrogen and oxygen atoms in total. The summed E-state index contributed by atoms with van der Waals surface area (Å²) in [7, 11) is 1.62. The Bertz CT molecular complexity index is 215. The lowest BCUT2D eigenvalue weighted by Crippen LogP contribution is -1.84. The van der Waals surface area contributed by atoms with E-state index in [0.717, 1.165) is 11.4 Å². The zero-order valence-electron chi connectivity index (χ0n) is 5.87. The van der Waals surface area contributed by atoms with E-state index < -0.39 is 0 Å². The molecule has 0 amide bonds. The third kappa shape index (κ3) is 1.35. The van der Waals surface area contributed by atoms with Gasteiger partial charge in [-0.15, -0.1) is 0 Å². The van der Waals surface area contributed by atoms with Crippen molar-refractivity contribution < 1.29 is 4.74 Å². The summed E-state index contributed by atoms with van der Waals surface area (Å²) in [6.07, 6.45) is 3.36. The lowest BCUT2D eigenvalue weighted by molar-refractivity contribution is 0.413. The molecule has 1 rings (SSSR count). The Morgan fingerprint density at radius 2 is 2.40 bits per heavy atom. The lowest BCUT2D eigenvalue weighted by Gasteiger charge is -1.96. The first-order chi connectivity index (χ1) is 4.86. The summed E-state index contributed by atoms with van der Waals surface area (Å²) in [5, 5.41) is 0. The quantitative estimate of drug-likeness (QED) is 0.616. The van der Waals surface area contributed by atoms with Gasteiger partial charge >= 0.3 is 0 Å². The number of methoxy groups -OCH3 is 1. The minimum atomic E-state index is 0.769. The van der Waals surface area contributed by atoms with Crippen molar-refractivity contribution >= 4 is 6.08 Å². The number of hydrogen-bond acceptors (Lipinski definition) is 2. The zero-order chi connectivity index (χ0) is 7.40. The fourth-order valence-corrected chi connectivity index (χ4v) is 0.633. The summed E-state index contributed by atoms with van der Waals surface area (Å²) >= 11 is 0. The highest BCUT2D eigenvalue weighted by Gasteiger charge is 1.88. The largest absolute Gasteiger partial charge is 0.495 e. The van der Waals surface area contributed by atoms with Crippen LogP contribution in [0.3, 0.4) is 0 Å². The molecule has 1 aromatic rings. The SMILES string of the molecule is C=Cc1ccc(OC)cn1. The van der Waals surface area contributed by atoms with Gasteiger partial charge in [-0.25, -0.2) is 0 Å². The summed E-state index contributed by atoms with van der Waals surface area (Å²) < 4.78 is 4.92. The predicted octanol–water partition coefficient (Wildman–Crippen LogP) is 1.73. The molecule has 1 aromatic heterocycles. The topological polar surface area (TPSA) is 22.1 Å². The first-order valence-corrected chi connectivity index (χ1v) is 2.99. The minimum absolute atomic E-state index is 0.769. The summed E-state index contributed by atoms with van der Waals surface area (Å²) in [4.78, 5) is 4.02. The molecule has 0 aliphatic carbocycles. The Morgan fingerprint density at radius 1 is 1.60 bits per heavy atom. The number of rotatable bonds is 2. The Labute approximate surface area is 60.2 Å². The summed E-state index contributed by atoms with van der Waals surface area (Å²) in [6, 6.07) is 3.70. The number of nitrogens with zero attached hydrogens (tertiary/aromatic N) is 1. The van der Waals surface area contributed by atoms with Crippen LogP contribution in [0.2, 0.25) is 0 Å². The van der Waals surface area contributed by atoms with E-state index in [4.69, 9.17) is 4.74 Å². The van der Waals surface area contributed by atoms with Gasteiger partial charge in [-0.3, -0.25) is 4.98 Å². The Hall–Kier alpha value is -1.31. The standard InChI is InChI=1S/C8H9NO/c1-3-7-4-5-8(10-2)6-9-7/h3-6H,1H2,2H3. The van der Waals surface area contributed by atoms with Gasteiger partial charge < -0.3 is 4.74 Å². The van der Waals surface area contributed by atoms with Crippen LogP contribution in [0.25, 0.3) is 6.08 Å². The monoisotopic (exact) mass is 135 g/mol. The fourth-order valence-electron chi connectivity index (χ4n) is 0.633. The average molecular weight is 135 g/mol. The van der Waals surface area contributed by atoms with Gasteiger partial charge in [-0.1, -0.05) is 6.58 Å². The minimum Gasteiger partial charge on any atom is -0.495 e. The van der Waals surface area contributed by atoms with Gasteiger partial charge in [0, 0.05) is 0 Å². The van der Waals surface area contributed by atoms with Crippen molar-refractivity contribution in [3.8, 4) is 5.75 Å². The molecule has 0 saturated heterocycles. The van der Waals surface area contributed by atoms with Crippen LogP contribution in [-0.4, -0.2) is 12.1 Å². The van der Waals surface area contributed by atoms with Gasteiger partial charge in [0.15, 0.2) is 0 Å². The third-order valence-corrected chi connectivity index (χ3v) is 1.20. The van der Waals surface area contributed by atoms with Crippen molar-refractivity contribution in [1.82, 2.24) is 4.98 Å². The van der Waals surface area contributed by atoms with E-state index in [1.54, 1.807) is 19.4 Å². The van der Waals surface area contributed by atoms with E-state index in [-0.39, 0.29) is 0 Å². The summed E-state index contributed by atoms with van der Waals surface area (Å²) in [5.74, 6) is 0.769. The van der Waals surface area contributed by atoms with Gasteiger partial charge in [0.1, 0.15) is 5.75 Å². The van der Waals surface area contributed by atoms with E-state index in [1.165, 1.54) is 0 Å². The van der Waals surface area contributed by atoms with Crippen molar-refractivity contribution in [2.45, 2.75) is 0 Å². The van der Waals surface area contributed by atoms with Gasteiger partial charge in [0.05, 0.1) is 19.0 Å². The molecule has 0 bridgehead atoms. The van der Waals surface area contributed by atoms with Gasteiger partial charge in [-0.2, -0.15) is 0 Å². The van der Waals surface area contributed by atoms with Crippen molar-refractivity contribution in [1.29, 1.82) is 0 Å². The van der Waals surface area contributed by atoms with E-state index >= 15 is 0 Å². The molecule has 0 fully saturated rings. The molecule has 0 aliphatic rings. The highest BCUT2D eigenvalue weighted by atomic mass is 16.5. The van der Waals surface area contributed by atoms with Crippen molar-refractivity contribution in [3.63, 3.8) is 0 Å². The fraction of sp³-hybridized carbons (Fsp3) is 0.125. The highest BCUT2D eigenvalue weighted by molar-refractivity contribution is 5.42. The van der Waals surface area contributed by atoms with Crippen LogP contribution in [0.1, 0.15) is 5.69 Å². The molecule has 0 radical (unpaired) electrons. The molecular weight excluding hydrogens is 126 g/mol. The van der Waals surface area contributed by atoms with Crippen LogP contribution in [0, 0.1) is 0 Å². The predicted molar refractivity (Wildman–Crippen MR) is 40.9 cm³/mol. The normalized spacial score (nSPS) is 8.90. The second-order valence-corrected chi connectivity index (χ2v) is 1.83. The first kappa shape index (κ1) is 6.81. The molecule has 52 valence electrons. The van der Waals surface area contributed by atoms with Crippen LogP contribution in [0.4, 0.5) is 0 Å². The molecule has 2 heteroatoms. The summed E-state index contributed by atoms with van der Waals surface area (Å²) in [6.45, 7) is 3.58. The zero-order valence-corrected chi connectivity index (χ0v) is 5.87. The van der Waals surface area contributed by atoms with Crippen molar-refractivity contribution in [2.24, 2.45) is 0 Å². The second kappa shape index (κ2) is 3.01. The molecule has 0 unspecified atom stereocenters. The molecule has 0 atom stereocenters. The van der Waals surface area contributed by atoms with Gasteiger partial charge in [0.25, 0.3) is 0 Å². The van der Waals surface area contributed by atoms with Crippen molar-refractivity contribution in [2.75, 3.05) is 7.11 Å². The smallest absolute Gasteiger partial charge is 0.137 e. The third-order valence-electron chi connectivity index (χ3n) is 1.20. The highest BCUT2D eigenvalue weighted by Crippen LogP contribution is 2.07. The maximum atomic E-state index is 4.92. The number of hydrogen-bond donors (Lipinski definition) is 0. The number of aromatic nitrogens is 1. The molecule has 10 heavy (non-hydrogen) atoms. The molecule has 0 aliphatic heterocycles. The number of ether oxygens (including phenoxy) is 1. The Kier molecular flexibility index (Phi) is 2.05. The molecule has 0 aromatic carbocycles. The first-order valence-electron chi connectivity index (χ1n) is 2.99. The Balaban J connectivity index is 2.90. The molecule has 0 saturated carbocycles. The average Bonchev–Trinajstić information content (AvgIpc) is 2.05. The van der Waals surface area contributed by atoms with Crippen LogP contribution in [0.5, 0.6) is 5.75 Å². The maximum absolute atomic E-state index is 4.92. The second-order valence-electron chi connectivity index (χ2n) is 1.83. The molecule has 0 N–H and O–H groups in total. The van der Waals surface area contributed by atoms with Crippen molar-refractivity contribution in [3.05, 3.63) is 30.6 Å². The van der Waals surface area contributed by atoms with E-state index in [1.807, 2.05) is 12.1 Å². The summed E-state index contributed by atoms with van der Waals surface area (Å²) in [5.41, 5.74) is 0.862. The molecular formula is C8H9NO.